The fourth-order valence-electron chi connectivity index (χ4n) is 1.52. The number of aryl methyl sites for hydroxylation is 1. The Morgan fingerprint density at radius 3 is 2.53 bits per heavy atom. The van der Waals surface area contributed by atoms with Gasteiger partial charge < -0.3 is 15.4 Å². The monoisotopic (exact) mass is 236 g/mol. The third-order valence-corrected chi connectivity index (χ3v) is 2.73. The number of rotatable bonds is 5. The molecule has 1 aromatic carbocycles. The molecule has 94 valence electrons. The van der Waals surface area contributed by atoms with Gasteiger partial charge in [-0.3, -0.25) is 4.79 Å². The van der Waals surface area contributed by atoms with Crippen LogP contribution in [0.5, 0.6) is 5.75 Å². The van der Waals surface area contributed by atoms with Crippen molar-refractivity contribution in [3.05, 3.63) is 23.8 Å². The van der Waals surface area contributed by atoms with Gasteiger partial charge in [0.25, 0.3) is 5.91 Å². The lowest BCUT2D eigenvalue weighted by molar-refractivity contribution is -0.132. The molecule has 4 nitrogen and oxygen atoms in total. The fraction of sp³-hybridized carbons (Fsp3) is 0.462. The largest absolute Gasteiger partial charge is 0.484 e. The van der Waals surface area contributed by atoms with Crippen molar-refractivity contribution in [1.82, 2.24) is 4.90 Å². The second-order valence-electron chi connectivity index (χ2n) is 3.87. The normalized spacial score (nSPS) is 10.1. The molecule has 0 bridgehead atoms. The van der Waals surface area contributed by atoms with E-state index in [9.17, 15) is 4.79 Å². The Morgan fingerprint density at radius 1 is 1.35 bits per heavy atom. The van der Waals surface area contributed by atoms with Gasteiger partial charge in [0.15, 0.2) is 6.61 Å². The number of likely N-dealkylation sites (N-methyl/N-ethyl adjacent to an activating group) is 1. The Labute approximate surface area is 102 Å². The summed E-state index contributed by atoms with van der Waals surface area (Å²) >= 11 is 0. The van der Waals surface area contributed by atoms with Gasteiger partial charge in [-0.2, -0.15) is 0 Å². The van der Waals surface area contributed by atoms with Gasteiger partial charge in [0.1, 0.15) is 5.75 Å². The van der Waals surface area contributed by atoms with Crippen LogP contribution < -0.4 is 10.5 Å². The van der Waals surface area contributed by atoms with Crippen LogP contribution in [0.2, 0.25) is 0 Å². The van der Waals surface area contributed by atoms with E-state index in [0.29, 0.717) is 24.5 Å². The van der Waals surface area contributed by atoms with E-state index in [0.717, 1.165) is 5.56 Å². The molecular weight excluding hydrogens is 216 g/mol. The van der Waals surface area contributed by atoms with Crippen LogP contribution in [-0.2, 0) is 4.79 Å². The summed E-state index contributed by atoms with van der Waals surface area (Å²) in [5, 5.41) is 0. The first-order chi connectivity index (χ1) is 8.08. The maximum absolute atomic E-state index is 11.7. The van der Waals surface area contributed by atoms with Crippen LogP contribution in [0, 0.1) is 6.92 Å². The molecule has 1 aromatic rings. The predicted octanol–water partition coefficient (Wildman–Crippen LogP) is 1.82. The molecule has 1 amide bonds. The minimum absolute atomic E-state index is 0.00542. The van der Waals surface area contributed by atoms with E-state index in [1.807, 2.05) is 32.9 Å². The van der Waals surface area contributed by atoms with E-state index in [-0.39, 0.29) is 12.5 Å². The number of carbonyl (C=O) groups excluding carboxylic acids is 1. The Hall–Kier alpha value is -1.71. The van der Waals surface area contributed by atoms with Gasteiger partial charge in [-0.15, -0.1) is 0 Å². The van der Waals surface area contributed by atoms with Crippen molar-refractivity contribution in [2.24, 2.45) is 0 Å². The van der Waals surface area contributed by atoms with E-state index in [2.05, 4.69) is 0 Å². The Balaban J connectivity index is 2.55. The lowest BCUT2D eigenvalue weighted by atomic mass is 10.2. The molecule has 17 heavy (non-hydrogen) atoms. The highest BCUT2D eigenvalue weighted by Gasteiger charge is 2.10. The average molecular weight is 236 g/mol. The number of hydrogen-bond donors (Lipinski definition) is 1. The summed E-state index contributed by atoms with van der Waals surface area (Å²) in [6, 6.07) is 5.44. The molecule has 0 aromatic heterocycles. The van der Waals surface area contributed by atoms with E-state index in [4.69, 9.17) is 10.5 Å². The Morgan fingerprint density at radius 2 is 2.00 bits per heavy atom. The molecule has 0 aliphatic carbocycles. The van der Waals surface area contributed by atoms with Crippen LogP contribution in [-0.4, -0.2) is 30.5 Å². The quantitative estimate of drug-likeness (QED) is 0.793. The second kappa shape index (κ2) is 6.13. The van der Waals surface area contributed by atoms with Crippen molar-refractivity contribution < 1.29 is 9.53 Å². The molecule has 0 radical (unpaired) electrons. The highest BCUT2D eigenvalue weighted by Crippen LogP contribution is 2.18. The summed E-state index contributed by atoms with van der Waals surface area (Å²) in [5.74, 6) is 0.628. The third kappa shape index (κ3) is 3.66. The SMILES string of the molecule is CCN(CC)C(=O)COc1ccc(C)c(N)c1. The van der Waals surface area contributed by atoms with Gasteiger partial charge in [-0.05, 0) is 32.4 Å². The Kier molecular flexibility index (Phi) is 4.82. The molecule has 0 fully saturated rings. The van der Waals surface area contributed by atoms with Crippen LogP contribution in [0.25, 0.3) is 0 Å². The van der Waals surface area contributed by atoms with Crippen molar-refractivity contribution >= 4 is 11.6 Å². The van der Waals surface area contributed by atoms with E-state index in [1.165, 1.54) is 0 Å². The molecule has 0 saturated carbocycles. The number of nitrogens with zero attached hydrogens (tertiary/aromatic N) is 1. The van der Waals surface area contributed by atoms with E-state index in [1.54, 1.807) is 11.0 Å². The summed E-state index contributed by atoms with van der Waals surface area (Å²) in [6.07, 6.45) is 0. The number of nitrogen functional groups attached to an aromatic ring is 1. The maximum atomic E-state index is 11.7. The predicted molar refractivity (Wildman–Crippen MR) is 69.0 cm³/mol. The second-order valence-corrected chi connectivity index (χ2v) is 3.87. The molecule has 0 heterocycles. The smallest absolute Gasteiger partial charge is 0.260 e. The molecule has 4 heteroatoms. The number of carbonyl (C=O) groups is 1. The highest BCUT2D eigenvalue weighted by molar-refractivity contribution is 5.77. The summed E-state index contributed by atoms with van der Waals surface area (Å²) in [4.78, 5) is 13.4. The van der Waals surface area contributed by atoms with Gasteiger partial charge in [0.2, 0.25) is 0 Å². The topological polar surface area (TPSA) is 55.6 Å². The third-order valence-electron chi connectivity index (χ3n) is 2.73. The first-order valence-electron chi connectivity index (χ1n) is 5.85. The molecular formula is C13H20N2O2. The first-order valence-corrected chi connectivity index (χ1v) is 5.85. The molecule has 0 aliphatic heterocycles. The van der Waals surface area contributed by atoms with Gasteiger partial charge in [0.05, 0.1) is 0 Å². The average Bonchev–Trinajstić information content (AvgIpc) is 2.32. The number of anilines is 1. The number of amides is 1. The van der Waals surface area contributed by atoms with E-state index >= 15 is 0 Å². The fourth-order valence-corrected chi connectivity index (χ4v) is 1.52. The summed E-state index contributed by atoms with van der Waals surface area (Å²) < 4.78 is 5.42. The molecule has 0 unspecified atom stereocenters. The van der Waals surface area contributed by atoms with Crippen molar-refractivity contribution in [3.8, 4) is 5.75 Å². The maximum Gasteiger partial charge on any atom is 0.260 e. The van der Waals surface area contributed by atoms with Crippen LogP contribution in [0.1, 0.15) is 19.4 Å². The zero-order chi connectivity index (χ0) is 12.8. The van der Waals surface area contributed by atoms with Crippen LogP contribution >= 0.6 is 0 Å². The van der Waals surface area contributed by atoms with Crippen LogP contribution in [0.4, 0.5) is 5.69 Å². The Bertz CT molecular complexity index is 387. The minimum atomic E-state index is -0.00542. The van der Waals surface area contributed by atoms with Gasteiger partial charge in [-0.1, -0.05) is 6.07 Å². The molecule has 0 aliphatic rings. The lowest BCUT2D eigenvalue weighted by Crippen LogP contribution is -2.34. The molecule has 0 saturated heterocycles. The zero-order valence-electron chi connectivity index (χ0n) is 10.7. The summed E-state index contributed by atoms with van der Waals surface area (Å²) in [6.45, 7) is 7.30. The highest BCUT2D eigenvalue weighted by atomic mass is 16.5. The number of hydrogen-bond acceptors (Lipinski definition) is 3. The van der Waals surface area contributed by atoms with Crippen molar-refractivity contribution in [1.29, 1.82) is 0 Å². The number of ether oxygens (including phenoxy) is 1. The molecule has 2 N–H and O–H groups in total. The summed E-state index contributed by atoms with van der Waals surface area (Å²) in [7, 11) is 0. The minimum Gasteiger partial charge on any atom is -0.484 e. The van der Waals surface area contributed by atoms with E-state index < -0.39 is 0 Å². The van der Waals surface area contributed by atoms with Crippen LogP contribution in [0.15, 0.2) is 18.2 Å². The molecule has 0 spiro atoms. The van der Waals surface area contributed by atoms with Gasteiger partial charge in [0, 0.05) is 24.8 Å². The van der Waals surface area contributed by atoms with Crippen LogP contribution in [0.3, 0.4) is 0 Å². The molecule has 0 atom stereocenters. The van der Waals surface area contributed by atoms with Crippen molar-refractivity contribution in [2.45, 2.75) is 20.8 Å². The van der Waals surface area contributed by atoms with Gasteiger partial charge >= 0.3 is 0 Å². The number of nitrogens with two attached hydrogens (primary N) is 1. The number of benzene rings is 1. The molecule has 1 rings (SSSR count). The summed E-state index contributed by atoms with van der Waals surface area (Å²) in [5.41, 5.74) is 7.45. The zero-order valence-corrected chi connectivity index (χ0v) is 10.7. The lowest BCUT2D eigenvalue weighted by Gasteiger charge is -2.18. The van der Waals surface area contributed by atoms with Crippen molar-refractivity contribution in [2.75, 3.05) is 25.4 Å². The first kappa shape index (κ1) is 13.4. The van der Waals surface area contributed by atoms with Gasteiger partial charge in [-0.25, -0.2) is 0 Å². The standard InChI is InChI=1S/C13H20N2O2/c1-4-15(5-2)13(16)9-17-11-7-6-10(3)12(14)8-11/h6-8H,4-5,9,14H2,1-3H3. The van der Waals surface area contributed by atoms with Crippen molar-refractivity contribution in [3.63, 3.8) is 0 Å².